The van der Waals surface area contributed by atoms with E-state index in [0.29, 0.717) is 4.34 Å². The van der Waals surface area contributed by atoms with Crippen molar-refractivity contribution in [2.45, 2.75) is 24.6 Å². The van der Waals surface area contributed by atoms with Crippen LogP contribution in [-0.4, -0.2) is 5.92 Å². The summed E-state index contributed by atoms with van der Waals surface area (Å²) in [6, 6.07) is 1.77. The van der Waals surface area contributed by atoms with E-state index in [4.69, 9.17) is 11.6 Å². The van der Waals surface area contributed by atoms with Gasteiger partial charge in [0, 0.05) is 15.3 Å². The Balaban J connectivity index is 2.90. The van der Waals surface area contributed by atoms with Gasteiger partial charge in [-0.05, 0) is 28.9 Å². The molecule has 0 spiro atoms. The number of halogens is 5. The molecule has 2 atom stereocenters. The Kier molecular flexibility index (Phi) is 4.61. The van der Waals surface area contributed by atoms with E-state index < -0.39 is 11.8 Å². The summed E-state index contributed by atoms with van der Waals surface area (Å²) < 4.78 is 27.5. The molecular formula is C9H9Br2ClF2S. The number of hydrogen-bond acceptors (Lipinski definition) is 1. The predicted molar refractivity (Wildman–Crippen MR) is 68.5 cm³/mol. The Hall–Kier alpha value is 0.810. The van der Waals surface area contributed by atoms with Crippen molar-refractivity contribution < 1.29 is 8.78 Å². The van der Waals surface area contributed by atoms with Crippen molar-refractivity contribution in [2.24, 2.45) is 5.92 Å². The van der Waals surface area contributed by atoms with Crippen molar-refractivity contribution in [3.05, 3.63) is 19.8 Å². The molecule has 1 heterocycles. The second-order valence-corrected chi connectivity index (χ2v) is 6.94. The van der Waals surface area contributed by atoms with E-state index in [0.717, 1.165) is 16.3 Å². The number of alkyl halides is 3. The average molecular weight is 382 g/mol. The quantitative estimate of drug-likeness (QED) is 0.572. The zero-order valence-corrected chi connectivity index (χ0v) is 12.8. The van der Waals surface area contributed by atoms with Crippen LogP contribution in [0.3, 0.4) is 0 Å². The van der Waals surface area contributed by atoms with Crippen molar-refractivity contribution >= 4 is 54.8 Å². The molecule has 6 heteroatoms. The number of rotatable bonds is 3. The van der Waals surface area contributed by atoms with Gasteiger partial charge in [-0.1, -0.05) is 34.5 Å². The fourth-order valence-corrected chi connectivity index (χ4v) is 3.70. The van der Waals surface area contributed by atoms with Gasteiger partial charge in [-0.25, -0.2) is 8.78 Å². The Morgan fingerprint density at radius 3 is 2.40 bits per heavy atom. The molecule has 0 aliphatic rings. The summed E-state index contributed by atoms with van der Waals surface area (Å²) in [6.45, 7) is 2.44. The first-order valence-corrected chi connectivity index (χ1v) is 7.10. The third kappa shape index (κ3) is 3.38. The maximum Gasteiger partial charge on any atom is 0.249 e. The maximum absolute atomic E-state index is 13.1. The van der Waals surface area contributed by atoms with E-state index in [2.05, 4.69) is 31.9 Å². The van der Waals surface area contributed by atoms with Crippen molar-refractivity contribution in [3.8, 4) is 0 Å². The molecule has 1 rings (SSSR count). The van der Waals surface area contributed by atoms with Gasteiger partial charge in [-0.15, -0.1) is 11.3 Å². The Bertz CT molecular complexity index is 329. The van der Waals surface area contributed by atoms with Crippen LogP contribution in [0, 0.1) is 5.92 Å². The topological polar surface area (TPSA) is 0 Å². The monoisotopic (exact) mass is 380 g/mol. The van der Waals surface area contributed by atoms with Crippen LogP contribution in [0.25, 0.3) is 0 Å². The Morgan fingerprint density at radius 2 is 2.07 bits per heavy atom. The number of thiophene rings is 1. The highest BCUT2D eigenvalue weighted by Gasteiger charge is 2.36. The van der Waals surface area contributed by atoms with Crippen LogP contribution in [0.15, 0.2) is 10.5 Å². The minimum atomic E-state index is -2.71. The predicted octanol–water partition coefficient (Wildman–Crippen LogP) is 5.89. The fourth-order valence-electron chi connectivity index (χ4n) is 1.00. The van der Waals surface area contributed by atoms with Gasteiger partial charge >= 0.3 is 0 Å². The summed E-state index contributed by atoms with van der Waals surface area (Å²) in [4.78, 5) is 0.423. The zero-order valence-electron chi connectivity index (χ0n) is 8.03. The summed E-state index contributed by atoms with van der Waals surface area (Å²) in [5.41, 5.74) is 0. The highest BCUT2D eigenvalue weighted by Crippen LogP contribution is 2.45. The standard InChI is InChI=1S/C9H9Br2ClF2S/c1-4(9(2,13)14)7(11)6-3-5(10)8(12)15-6/h3-4,7H,1-2H3. The molecule has 86 valence electrons. The lowest BCUT2D eigenvalue weighted by atomic mass is 10.0. The molecule has 0 saturated carbocycles. The number of hydrogen-bond donors (Lipinski definition) is 0. The highest BCUT2D eigenvalue weighted by atomic mass is 79.9. The normalized spacial score (nSPS) is 16.5. The van der Waals surface area contributed by atoms with E-state index in [1.54, 1.807) is 6.07 Å². The lowest BCUT2D eigenvalue weighted by molar-refractivity contribution is -0.0321. The van der Waals surface area contributed by atoms with Crippen molar-refractivity contribution in [1.29, 1.82) is 0 Å². The van der Waals surface area contributed by atoms with Gasteiger partial charge in [0.1, 0.15) is 4.34 Å². The van der Waals surface area contributed by atoms with Crippen LogP contribution in [-0.2, 0) is 0 Å². The second-order valence-electron chi connectivity index (χ2n) is 3.42. The highest BCUT2D eigenvalue weighted by molar-refractivity contribution is 9.10. The van der Waals surface area contributed by atoms with Gasteiger partial charge in [0.25, 0.3) is 0 Å². The SMILES string of the molecule is CC(C(Br)c1cc(Br)c(Cl)s1)C(C)(F)F. The first-order chi connectivity index (χ1) is 6.73. The first kappa shape index (κ1) is 13.9. The second kappa shape index (κ2) is 4.98. The van der Waals surface area contributed by atoms with Crippen LogP contribution in [0.4, 0.5) is 8.78 Å². The molecule has 1 aromatic heterocycles. The third-order valence-corrected chi connectivity index (χ3v) is 6.32. The van der Waals surface area contributed by atoms with E-state index in [1.807, 2.05) is 0 Å². The van der Waals surface area contributed by atoms with Crippen LogP contribution < -0.4 is 0 Å². The summed E-state index contributed by atoms with van der Waals surface area (Å²) in [6.07, 6.45) is 0. The molecular weight excluding hydrogens is 373 g/mol. The molecule has 0 bridgehead atoms. The summed E-state index contributed by atoms with van der Waals surface area (Å²) >= 11 is 13.7. The lowest BCUT2D eigenvalue weighted by Crippen LogP contribution is -2.24. The van der Waals surface area contributed by atoms with Crippen molar-refractivity contribution in [2.75, 3.05) is 0 Å². The van der Waals surface area contributed by atoms with Gasteiger partial charge in [0.05, 0.1) is 4.83 Å². The average Bonchev–Trinajstić information content (AvgIpc) is 2.43. The van der Waals surface area contributed by atoms with Crippen LogP contribution >= 0.6 is 54.8 Å². The van der Waals surface area contributed by atoms with E-state index in [9.17, 15) is 8.78 Å². The smallest absolute Gasteiger partial charge is 0.207 e. The molecule has 0 amide bonds. The molecule has 0 aliphatic heterocycles. The van der Waals surface area contributed by atoms with Crippen molar-refractivity contribution in [1.82, 2.24) is 0 Å². The first-order valence-electron chi connectivity index (χ1n) is 4.20. The molecule has 0 N–H and O–H groups in total. The van der Waals surface area contributed by atoms with Gasteiger partial charge in [0.15, 0.2) is 0 Å². The van der Waals surface area contributed by atoms with Gasteiger partial charge < -0.3 is 0 Å². The van der Waals surface area contributed by atoms with Crippen LogP contribution in [0.1, 0.15) is 23.6 Å². The van der Waals surface area contributed by atoms with Gasteiger partial charge in [-0.3, -0.25) is 0 Å². The summed E-state index contributed by atoms with van der Waals surface area (Å²) in [7, 11) is 0. The Morgan fingerprint density at radius 1 is 1.53 bits per heavy atom. The summed E-state index contributed by atoms with van der Waals surface area (Å²) in [5, 5.41) is 0. The van der Waals surface area contributed by atoms with Crippen LogP contribution in [0.2, 0.25) is 4.34 Å². The lowest BCUT2D eigenvalue weighted by Gasteiger charge is -2.23. The van der Waals surface area contributed by atoms with Gasteiger partial charge in [-0.2, -0.15) is 0 Å². The Labute approximate surface area is 113 Å². The van der Waals surface area contributed by atoms with Gasteiger partial charge in [0.2, 0.25) is 5.92 Å². The minimum Gasteiger partial charge on any atom is -0.207 e. The maximum atomic E-state index is 13.1. The molecule has 0 aliphatic carbocycles. The van der Waals surface area contributed by atoms with Crippen LogP contribution in [0.5, 0.6) is 0 Å². The minimum absolute atomic E-state index is 0.383. The van der Waals surface area contributed by atoms with E-state index >= 15 is 0 Å². The molecule has 0 aromatic carbocycles. The summed E-state index contributed by atoms with van der Waals surface area (Å²) in [5.74, 6) is -3.49. The molecule has 1 aromatic rings. The van der Waals surface area contributed by atoms with E-state index in [1.165, 1.54) is 18.3 Å². The molecule has 0 saturated heterocycles. The molecule has 0 nitrogen and oxygen atoms in total. The molecule has 0 fully saturated rings. The largest absolute Gasteiger partial charge is 0.249 e. The third-order valence-electron chi connectivity index (χ3n) is 2.17. The molecule has 0 radical (unpaired) electrons. The fraction of sp³-hybridized carbons (Fsp3) is 0.556. The van der Waals surface area contributed by atoms with Crippen molar-refractivity contribution in [3.63, 3.8) is 0 Å². The zero-order chi connectivity index (χ0) is 11.8. The van der Waals surface area contributed by atoms with E-state index in [-0.39, 0.29) is 4.83 Å². The molecule has 15 heavy (non-hydrogen) atoms. The molecule has 2 unspecified atom stereocenters.